The lowest BCUT2D eigenvalue weighted by atomic mass is 10.5. The summed E-state index contributed by atoms with van der Waals surface area (Å²) in [4.78, 5) is 4.22. The van der Waals surface area contributed by atoms with Crippen LogP contribution in [-0.4, -0.2) is 23.8 Å². The van der Waals surface area contributed by atoms with Crippen LogP contribution in [0.25, 0.3) is 0 Å². The highest BCUT2D eigenvalue weighted by Gasteiger charge is 1.93. The molecule has 0 aliphatic heterocycles. The summed E-state index contributed by atoms with van der Waals surface area (Å²) >= 11 is 0. The Morgan fingerprint density at radius 2 is 2.38 bits per heavy atom. The fourth-order valence-corrected chi connectivity index (χ4v) is 2.62. The predicted octanol–water partition coefficient (Wildman–Crippen LogP) is 2.43. The zero-order valence-corrected chi connectivity index (χ0v) is 9.33. The van der Waals surface area contributed by atoms with Crippen molar-refractivity contribution >= 4 is 21.6 Å². The van der Waals surface area contributed by atoms with Gasteiger partial charge in [0.15, 0.2) is 0 Å². The minimum absolute atomic E-state index is 1.05. The molecule has 1 heterocycles. The van der Waals surface area contributed by atoms with Crippen LogP contribution >= 0.6 is 21.6 Å². The fourth-order valence-electron chi connectivity index (χ4n) is 0.789. The minimum Gasteiger partial charge on any atom is -0.316 e. The van der Waals surface area contributed by atoms with E-state index in [1.807, 2.05) is 35.2 Å². The highest BCUT2D eigenvalue weighted by molar-refractivity contribution is 8.76. The fraction of sp³-hybridized carbons (Fsp3) is 0.444. The maximum atomic E-state index is 4.22. The largest absolute Gasteiger partial charge is 0.316 e. The third kappa shape index (κ3) is 5.18. The van der Waals surface area contributed by atoms with Crippen LogP contribution in [0.4, 0.5) is 0 Å². The van der Waals surface area contributed by atoms with Gasteiger partial charge in [0, 0.05) is 18.5 Å². The van der Waals surface area contributed by atoms with Gasteiger partial charge in [-0.1, -0.05) is 23.8 Å². The molecule has 0 aliphatic rings. The maximum Gasteiger partial charge on any atom is 0.106 e. The van der Waals surface area contributed by atoms with E-state index in [-0.39, 0.29) is 0 Å². The molecule has 0 fully saturated rings. The van der Waals surface area contributed by atoms with Crippen molar-refractivity contribution in [3.05, 3.63) is 24.4 Å². The van der Waals surface area contributed by atoms with E-state index in [0.717, 1.165) is 23.9 Å². The summed E-state index contributed by atoms with van der Waals surface area (Å²) < 4.78 is 0. The number of nitrogens with zero attached hydrogens (tertiary/aromatic N) is 1. The molecule has 1 N–H and O–H groups in total. The van der Waals surface area contributed by atoms with Gasteiger partial charge >= 0.3 is 0 Å². The normalized spacial score (nSPS) is 10.2. The summed E-state index contributed by atoms with van der Waals surface area (Å²) in [7, 11) is 3.57. The van der Waals surface area contributed by atoms with Crippen molar-refractivity contribution in [1.29, 1.82) is 0 Å². The van der Waals surface area contributed by atoms with Crippen molar-refractivity contribution in [2.75, 3.05) is 18.8 Å². The Labute approximate surface area is 87.3 Å². The topological polar surface area (TPSA) is 24.9 Å². The molecule has 0 saturated carbocycles. The van der Waals surface area contributed by atoms with Gasteiger partial charge in [-0.2, -0.15) is 0 Å². The molecule has 0 bridgehead atoms. The van der Waals surface area contributed by atoms with E-state index < -0.39 is 0 Å². The molecule has 0 amide bonds. The van der Waals surface area contributed by atoms with Gasteiger partial charge in [0.1, 0.15) is 5.03 Å². The lowest BCUT2D eigenvalue weighted by molar-refractivity contribution is 0.769. The first-order chi connectivity index (χ1) is 6.43. The van der Waals surface area contributed by atoms with Crippen molar-refractivity contribution in [3.63, 3.8) is 0 Å². The molecule has 72 valence electrons. The molecule has 0 atom stereocenters. The van der Waals surface area contributed by atoms with Gasteiger partial charge < -0.3 is 5.32 Å². The van der Waals surface area contributed by atoms with Crippen molar-refractivity contribution in [1.82, 2.24) is 10.3 Å². The van der Waals surface area contributed by atoms with Crippen LogP contribution < -0.4 is 5.32 Å². The van der Waals surface area contributed by atoms with E-state index in [4.69, 9.17) is 0 Å². The summed E-state index contributed by atoms with van der Waals surface area (Å²) in [6.45, 7) is 4.24. The predicted molar refractivity (Wildman–Crippen MR) is 61.1 cm³/mol. The molecule has 0 aliphatic carbocycles. The zero-order valence-electron chi connectivity index (χ0n) is 7.69. The van der Waals surface area contributed by atoms with Gasteiger partial charge in [-0.15, -0.1) is 0 Å². The summed E-state index contributed by atoms with van der Waals surface area (Å²) in [6, 6.07) is 5.98. The Morgan fingerprint density at radius 3 is 3.08 bits per heavy atom. The molecule has 1 aromatic rings. The van der Waals surface area contributed by atoms with E-state index in [0.29, 0.717) is 0 Å². The summed E-state index contributed by atoms with van der Waals surface area (Å²) in [5, 5.41) is 4.37. The molecule has 1 rings (SSSR count). The summed E-state index contributed by atoms with van der Waals surface area (Å²) in [5.41, 5.74) is 0. The van der Waals surface area contributed by atoms with Crippen LogP contribution in [-0.2, 0) is 0 Å². The first kappa shape index (κ1) is 10.9. The van der Waals surface area contributed by atoms with Gasteiger partial charge in [0.25, 0.3) is 0 Å². The number of pyridine rings is 1. The SMILES string of the molecule is CCNCCSSc1ccccn1. The molecule has 2 nitrogen and oxygen atoms in total. The monoisotopic (exact) mass is 214 g/mol. The van der Waals surface area contributed by atoms with Crippen LogP contribution in [0, 0.1) is 0 Å². The zero-order chi connectivity index (χ0) is 9.36. The first-order valence-electron chi connectivity index (χ1n) is 4.34. The third-order valence-corrected chi connectivity index (χ3v) is 3.66. The Morgan fingerprint density at radius 1 is 1.46 bits per heavy atom. The van der Waals surface area contributed by atoms with Crippen molar-refractivity contribution in [3.8, 4) is 0 Å². The summed E-state index contributed by atoms with van der Waals surface area (Å²) in [6.07, 6.45) is 1.83. The number of hydrogen-bond donors (Lipinski definition) is 1. The molecule has 0 saturated heterocycles. The van der Waals surface area contributed by atoms with Gasteiger partial charge in [0.2, 0.25) is 0 Å². The second-order valence-electron chi connectivity index (χ2n) is 2.43. The Balaban J connectivity index is 2.07. The molecule has 1 aromatic heterocycles. The minimum atomic E-state index is 1.05. The van der Waals surface area contributed by atoms with Crippen LogP contribution in [0.3, 0.4) is 0 Å². The van der Waals surface area contributed by atoms with E-state index >= 15 is 0 Å². The first-order valence-corrected chi connectivity index (χ1v) is 6.66. The number of hydrogen-bond acceptors (Lipinski definition) is 4. The number of rotatable bonds is 6. The smallest absolute Gasteiger partial charge is 0.106 e. The quantitative estimate of drug-likeness (QED) is 0.581. The van der Waals surface area contributed by atoms with E-state index in [1.165, 1.54) is 0 Å². The van der Waals surface area contributed by atoms with E-state index in [9.17, 15) is 0 Å². The Bertz CT molecular complexity index is 216. The molecule has 0 unspecified atom stereocenters. The molecular weight excluding hydrogens is 200 g/mol. The second kappa shape index (κ2) is 7.24. The van der Waals surface area contributed by atoms with Crippen LogP contribution in [0.5, 0.6) is 0 Å². The molecule has 0 spiro atoms. The standard InChI is InChI=1S/C9H14N2S2/c1-2-10-7-8-12-13-9-5-3-4-6-11-9/h3-6,10H,2,7-8H2,1H3. The van der Waals surface area contributed by atoms with Gasteiger partial charge in [-0.05, 0) is 29.5 Å². The molecule has 13 heavy (non-hydrogen) atoms. The highest BCUT2D eigenvalue weighted by atomic mass is 33.1. The second-order valence-corrected chi connectivity index (χ2v) is 4.86. The van der Waals surface area contributed by atoms with Crippen molar-refractivity contribution in [2.24, 2.45) is 0 Å². The third-order valence-electron chi connectivity index (χ3n) is 1.39. The molecular formula is C9H14N2S2. The van der Waals surface area contributed by atoms with E-state index in [1.54, 1.807) is 10.8 Å². The van der Waals surface area contributed by atoms with Gasteiger partial charge in [0.05, 0.1) is 0 Å². The van der Waals surface area contributed by atoms with Crippen molar-refractivity contribution < 1.29 is 0 Å². The molecule has 0 aromatic carbocycles. The Hall–Kier alpha value is -0.190. The number of nitrogens with one attached hydrogen (secondary N) is 1. The van der Waals surface area contributed by atoms with Crippen molar-refractivity contribution in [2.45, 2.75) is 11.9 Å². The maximum absolute atomic E-state index is 4.22. The van der Waals surface area contributed by atoms with Gasteiger partial charge in [-0.25, -0.2) is 4.98 Å². The van der Waals surface area contributed by atoms with Crippen LogP contribution in [0.2, 0.25) is 0 Å². The lowest BCUT2D eigenvalue weighted by Gasteiger charge is -2.00. The highest BCUT2D eigenvalue weighted by Crippen LogP contribution is 2.28. The average molecular weight is 214 g/mol. The van der Waals surface area contributed by atoms with Gasteiger partial charge in [-0.3, -0.25) is 0 Å². The van der Waals surface area contributed by atoms with Crippen LogP contribution in [0.15, 0.2) is 29.4 Å². The average Bonchev–Trinajstić information content (AvgIpc) is 2.19. The summed E-state index contributed by atoms with van der Waals surface area (Å²) in [5.74, 6) is 1.12. The molecule has 4 heteroatoms. The number of aromatic nitrogens is 1. The van der Waals surface area contributed by atoms with Crippen LogP contribution in [0.1, 0.15) is 6.92 Å². The Kier molecular flexibility index (Phi) is 6.06. The van der Waals surface area contributed by atoms with E-state index in [2.05, 4.69) is 17.2 Å². The molecule has 0 radical (unpaired) electrons. The lowest BCUT2D eigenvalue weighted by Crippen LogP contribution is -2.15.